The molecular weight excluding hydrogens is 351 g/mol. The van der Waals surface area contributed by atoms with Crippen LogP contribution in [-0.4, -0.2) is 10.1 Å². The minimum atomic E-state index is -0.464. The molecule has 0 radical (unpaired) electrons. The number of aromatic nitrogens is 1. The van der Waals surface area contributed by atoms with E-state index < -0.39 is 4.92 Å². The van der Waals surface area contributed by atoms with Gasteiger partial charge < -0.3 is 9.26 Å². The van der Waals surface area contributed by atoms with Gasteiger partial charge in [-0.3, -0.25) is 10.1 Å². The summed E-state index contributed by atoms with van der Waals surface area (Å²) < 4.78 is 24.2. The number of ether oxygens (including phenoxy) is 1. The van der Waals surface area contributed by atoms with Crippen LogP contribution in [0.5, 0.6) is 11.5 Å². The van der Waals surface area contributed by atoms with Crippen LogP contribution < -0.4 is 4.74 Å². The van der Waals surface area contributed by atoms with Crippen LogP contribution in [0.4, 0.5) is 10.1 Å². The van der Waals surface area contributed by atoms with Crippen molar-refractivity contribution in [2.45, 2.75) is 6.92 Å². The van der Waals surface area contributed by atoms with Gasteiger partial charge in [0.2, 0.25) is 0 Å². The number of benzene rings is 3. The van der Waals surface area contributed by atoms with E-state index in [0.717, 1.165) is 16.6 Å². The van der Waals surface area contributed by atoms with Gasteiger partial charge in [-0.1, -0.05) is 11.2 Å². The van der Waals surface area contributed by atoms with Gasteiger partial charge in [0, 0.05) is 23.1 Å². The van der Waals surface area contributed by atoms with Crippen molar-refractivity contribution < 1.29 is 18.6 Å². The summed E-state index contributed by atoms with van der Waals surface area (Å²) in [5.74, 6) is 0.467. The van der Waals surface area contributed by atoms with E-state index in [2.05, 4.69) is 5.16 Å². The molecule has 0 bridgehead atoms. The molecule has 0 aliphatic rings. The summed E-state index contributed by atoms with van der Waals surface area (Å²) in [6, 6.07) is 15.3. The zero-order valence-electron chi connectivity index (χ0n) is 14.2. The lowest BCUT2D eigenvalue weighted by Crippen LogP contribution is -1.93. The molecule has 6 nitrogen and oxygen atoms in total. The fourth-order valence-electron chi connectivity index (χ4n) is 2.80. The molecule has 0 aliphatic heterocycles. The Morgan fingerprint density at radius 3 is 2.59 bits per heavy atom. The van der Waals surface area contributed by atoms with Crippen LogP contribution in [0.25, 0.3) is 22.1 Å². The third-order valence-electron chi connectivity index (χ3n) is 4.18. The van der Waals surface area contributed by atoms with Crippen molar-refractivity contribution in [3.8, 4) is 22.6 Å². The molecule has 1 aromatic heterocycles. The average molecular weight is 364 g/mol. The number of hydrogen-bond donors (Lipinski definition) is 0. The van der Waals surface area contributed by atoms with Gasteiger partial charge in [-0.2, -0.15) is 0 Å². The lowest BCUT2D eigenvalue weighted by atomic mass is 10.0. The Kier molecular flexibility index (Phi) is 4.04. The molecule has 3 aromatic carbocycles. The quantitative estimate of drug-likeness (QED) is 0.346. The Hall–Kier alpha value is -3.74. The fraction of sp³-hybridized carbons (Fsp3) is 0.0500. The average Bonchev–Trinajstić information content (AvgIpc) is 3.04. The summed E-state index contributed by atoms with van der Waals surface area (Å²) in [5, 5.41) is 16.0. The number of non-ortho nitro benzene ring substituents is 1. The highest BCUT2D eigenvalue weighted by Gasteiger charge is 2.16. The van der Waals surface area contributed by atoms with Crippen LogP contribution in [0.15, 0.2) is 65.2 Å². The van der Waals surface area contributed by atoms with E-state index in [1.165, 1.54) is 42.5 Å². The van der Waals surface area contributed by atoms with Crippen LogP contribution in [0.2, 0.25) is 0 Å². The van der Waals surface area contributed by atoms with E-state index in [4.69, 9.17) is 9.26 Å². The van der Waals surface area contributed by atoms with E-state index >= 15 is 0 Å². The molecule has 0 atom stereocenters. The summed E-state index contributed by atoms with van der Waals surface area (Å²) in [6.45, 7) is 1.82. The first-order valence-electron chi connectivity index (χ1n) is 8.09. The number of rotatable bonds is 4. The van der Waals surface area contributed by atoms with Crippen LogP contribution in [0.3, 0.4) is 0 Å². The summed E-state index contributed by atoms with van der Waals surface area (Å²) in [7, 11) is 0. The van der Waals surface area contributed by atoms with Gasteiger partial charge >= 0.3 is 0 Å². The van der Waals surface area contributed by atoms with Crippen molar-refractivity contribution in [2.75, 3.05) is 0 Å². The zero-order chi connectivity index (χ0) is 19.0. The maximum Gasteiger partial charge on any atom is 0.270 e. The second kappa shape index (κ2) is 6.53. The molecule has 0 aliphatic carbocycles. The highest BCUT2D eigenvalue weighted by atomic mass is 19.1. The van der Waals surface area contributed by atoms with E-state index in [-0.39, 0.29) is 11.5 Å². The van der Waals surface area contributed by atoms with Gasteiger partial charge in [0.15, 0.2) is 5.58 Å². The number of nitro groups is 1. The van der Waals surface area contributed by atoms with Crippen molar-refractivity contribution in [2.24, 2.45) is 0 Å². The highest BCUT2D eigenvalue weighted by molar-refractivity contribution is 5.86. The van der Waals surface area contributed by atoms with Crippen molar-refractivity contribution in [3.05, 3.63) is 82.3 Å². The van der Waals surface area contributed by atoms with Gasteiger partial charge in [0.25, 0.3) is 5.69 Å². The van der Waals surface area contributed by atoms with Crippen LogP contribution >= 0.6 is 0 Å². The Balaban J connectivity index is 1.84. The molecule has 27 heavy (non-hydrogen) atoms. The third kappa shape index (κ3) is 3.22. The Labute approximate surface area is 152 Å². The molecule has 134 valence electrons. The predicted octanol–water partition coefficient (Wildman–Crippen LogP) is 5.64. The molecule has 0 saturated carbocycles. The molecule has 0 saturated heterocycles. The molecular formula is C20H13FN2O4. The Morgan fingerprint density at radius 2 is 1.85 bits per heavy atom. The minimum absolute atomic E-state index is 0.0569. The minimum Gasteiger partial charge on any atom is -0.457 e. The SMILES string of the molecule is Cc1noc2ccc(-c3cc([N+](=O)[O-])ccc3Oc3ccc(F)cc3)cc12. The third-order valence-corrected chi connectivity index (χ3v) is 4.18. The molecule has 0 unspecified atom stereocenters. The Bertz CT molecular complexity index is 1150. The van der Waals surface area contributed by atoms with E-state index in [1.54, 1.807) is 12.1 Å². The fourth-order valence-corrected chi connectivity index (χ4v) is 2.80. The smallest absolute Gasteiger partial charge is 0.270 e. The van der Waals surface area contributed by atoms with Crippen LogP contribution in [0, 0.1) is 22.9 Å². The van der Waals surface area contributed by atoms with Gasteiger partial charge in [-0.25, -0.2) is 4.39 Å². The van der Waals surface area contributed by atoms with Gasteiger partial charge in [-0.15, -0.1) is 0 Å². The molecule has 4 rings (SSSR count). The predicted molar refractivity (Wildman–Crippen MR) is 97.3 cm³/mol. The number of halogens is 1. The first-order chi connectivity index (χ1) is 13.0. The first kappa shape index (κ1) is 16.7. The highest BCUT2D eigenvalue weighted by Crippen LogP contribution is 2.37. The van der Waals surface area contributed by atoms with Crippen molar-refractivity contribution >= 4 is 16.7 Å². The van der Waals surface area contributed by atoms with E-state index in [0.29, 0.717) is 22.6 Å². The molecule has 0 N–H and O–H groups in total. The van der Waals surface area contributed by atoms with E-state index in [9.17, 15) is 14.5 Å². The van der Waals surface area contributed by atoms with Gasteiger partial charge in [0.1, 0.15) is 17.3 Å². The summed E-state index contributed by atoms with van der Waals surface area (Å²) in [5.41, 5.74) is 2.55. The molecule has 0 spiro atoms. The number of hydrogen-bond acceptors (Lipinski definition) is 5. The number of nitro benzene ring substituents is 1. The normalized spacial score (nSPS) is 10.9. The maximum absolute atomic E-state index is 13.1. The second-order valence-electron chi connectivity index (χ2n) is 5.97. The van der Waals surface area contributed by atoms with Gasteiger partial charge in [-0.05, 0) is 55.0 Å². The summed E-state index contributed by atoms with van der Waals surface area (Å²) in [4.78, 5) is 10.8. The Morgan fingerprint density at radius 1 is 1.07 bits per heavy atom. The summed E-state index contributed by atoms with van der Waals surface area (Å²) >= 11 is 0. The number of fused-ring (bicyclic) bond motifs is 1. The van der Waals surface area contributed by atoms with Gasteiger partial charge in [0.05, 0.1) is 10.6 Å². The monoisotopic (exact) mass is 364 g/mol. The first-order valence-corrected chi connectivity index (χ1v) is 8.09. The number of nitrogens with zero attached hydrogens (tertiary/aromatic N) is 2. The molecule has 0 amide bonds. The molecule has 4 aromatic rings. The molecule has 0 fully saturated rings. The largest absolute Gasteiger partial charge is 0.457 e. The topological polar surface area (TPSA) is 78.4 Å². The summed E-state index contributed by atoms with van der Waals surface area (Å²) in [6.07, 6.45) is 0. The van der Waals surface area contributed by atoms with Crippen LogP contribution in [-0.2, 0) is 0 Å². The lowest BCUT2D eigenvalue weighted by Gasteiger charge is -2.11. The van der Waals surface area contributed by atoms with Crippen molar-refractivity contribution in [1.82, 2.24) is 5.16 Å². The van der Waals surface area contributed by atoms with Crippen LogP contribution in [0.1, 0.15) is 5.69 Å². The second-order valence-corrected chi connectivity index (χ2v) is 5.97. The molecule has 1 heterocycles. The van der Waals surface area contributed by atoms with Crippen molar-refractivity contribution in [3.63, 3.8) is 0 Å². The lowest BCUT2D eigenvalue weighted by molar-refractivity contribution is -0.384. The van der Waals surface area contributed by atoms with E-state index in [1.807, 2.05) is 13.0 Å². The molecule has 7 heteroatoms. The van der Waals surface area contributed by atoms with Crippen molar-refractivity contribution in [1.29, 1.82) is 0 Å². The standard InChI is InChI=1S/C20H13FN2O4/c1-12-17-10-13(2-8-20(17)27-22-12)18-11-15(23(24)25)5-9-19(18)26-16-6-3-14(21)4-7-16/h2-11H,1H3. The number of aryl methyl sites for hydroxylation is 1. The zero-order valence-corrected chi connectivity index (χ0v) is 14.2. The maximum atomic E-state index is 13.1.